The van der Waals surface area contributed by atoms with E-state index in [4.69, 9.17) is 9.94 Å². The first-order valence-corrected chi connectivity index (χ1v) is 8.40. The smallest absolute Gasteiger partial charge is 0.274 e. The van der Waals surface area contributed by atoms with Gasteiger partial charge in [-0.1, -0.05) is 6.07 Å². The van der Waals surface area contributed by atoms with E-state index < -0.39 is 5.91 Å². The summed E-state index contributed by atoms with van der Waals surface area (Å²) in [6.07, 6.45) is 4.17. The number of benzene rings is 1. The first-order valence-electron chi connectivity index (χ1n) is 8.40. The molecule has 130 valence electrons. The van der Waals surface area contributed by atoms with Crippen LogP contribution in [0.5, 0.6) is 0 Å². The number of fused-ring (bicyclic) bond motifs is 1. The van der Waals surface area contributed by atoms with Gasteiger partial charge >= 0.3 is 0 Å². The molecule has 1 spiro atoms. The molecule has 2 aliphatic rings. The zero-order valence-corrected chi connectivity index (χ0v) is 14.0. The molecule has 1 aliphatic heterocycles. The minimum atomic E-state index is -0.488. The van der Waals surface area contributed by atoms with Crippen molar-refractivity contribution in [2.45, 2.75) is 32.1 Å². The van der Waals surface area contributed by atoms with E-state index in [2.05, 4.69) is 0 Å². The van der Waals surface area contributed by atoms with Crippen LogP contribution in [0, 0.1) is 5.41 Å². The summed E-state index contributed by atoms with van der Waals surface area (Å²) in [7, 11) is 1.68. The quantitative estimate of drug-likeness (QED) is 0.487. The summed E-state index contributed by atoms with van der Waals surface area (Å²) < 4.78 is 5.07. The fourth-order valence-corrected chi connectivity index (χ4v) is 4.00. The van der Waals surface area contributed by atoms with Crippen molar-refractivity contribution in [2.24, 2.45) is 5.41 Å². The van der Waals surface area contributed by atoms with Gasteiger partial charge in [-0.15, -0.1) is 0 Å². The Hall–Kier alpha value is -1.92. The van der Waals surface area contributed by atoms with Crippen LogP contribution >= 0.6 is 0 Å². The van der Waals surface area contributed by atoms with Crippen LogP contribution in [-0.2, 0) is 22.4 Å². The first kappa shape index (κ1) is 16.9. The average molecular weight is 332 g/mol. The fraction of sp³-hybridized carbons (Fsp3) is 0.556. The van der Waals surface area contributed by atoms with Crippen molar-refractivity contribution >= 4 is 11.8 Å². The third-order valence-corrected chi connectivity index (χ3v) is 5.24. The highest BCUT2D eigenvalue weighted by atomic mass is 16.5. The third-order valence-electron chi connectivity index (χ3n) is 5.24. The first-order chi connectivity index (χ1) is 11.6. The van der Waals surface area contributed by atoms with E-state index in [1.54, 1.807) is 18.7 Å². The Bertz CT molecular complexity index is 646. The van der Waals surface area contributed by atoms with E-state index >= 15 is 0 Å². The van der Waals surface area contributed by atoms with Crippen molar-refractivity contribution in [3.05, 3.63) is 34.9 Å². The molecule has 24 heavy (non-hydrogen) atoms. The Labute approximate surface area is 141 Å². The maximum Gasteiger partial charge on any atom is 0.274 e. The van der Waals surface area contributed by atoms with Crippen molar-refractivity contribution in [3.8, 4) is 0 Å². The highest BCUT2D eigenvalue weighted by molar-refractivity contribution is 5.93. The van der Waals surface area contributed by atoms with Gasteiger partial charge in [0.25, 0.3) is 5.91 Å². The Kier molecular flexibility index (Phi) is 4.87. The molecule has 6 heteroatoms. The zero-order chi connectivity index (χ0) is 17.2. The van der Waals surface area contributed by atoms with Gasteiger partial charge in [0.05, 0.1) is 0 Å². The monoisotopic (exact) mass is 332 g/mol. The number of nitrogens with one attached hydrogen (secondary N) is 1. The number of amides is 2. The predicted octanol–water partition coefficient (Wildman–Crippen LogP) is 1.55. The Morgan fingerprint density at radius 1 is 1.38 bits per heavy atom. The lowest BCUT2D eigenvalue weighted by Gasteiger charge is -2.34. The largest absolute Gasteiger partial charge is 0.385 e. The van der Waals surface area contributed by atoms with Crippen molar-refractivity contribution < 1.29 is 19.5 Å². The highest BCUT2D eigenvalue weighted by Gasteiger charge is 2.44. The van der Waals surface area contributed by atoms with Gasteiger partial charge in [0.1, 0.15) is 0 Å². The van der Waals surface area contributed by atoms with Gasteiger partial charge in [0.15, 0.2) is 0 Å². The van der Waals surface area contributed by atoms with E-state index in [0.29, 0.717) is 18.6 Å². The normalized spacial score (nSPS) is 22.8. The minimum absolute atomic E-state index is 0.0257. The number of ether oxygens (including phenoxy) is 1. The molecule has 1 saturated heterocycles. The summed E-state index contributed by atoms with van der Waals surface area (Å²) in [5.74, 6) is -0.246. The number of aryl methyl sites for hydroxylation is 1. The topological polar surface area (TPSA) is 78.9 Å². The second kappa shape index (κ2) is 6.91. The molecular formula is C18H24N2O4. The van der Waals surface area contributed by atoms with Crippen LogP contribution < -0.4 is 5.48 Å². The van der Waals surface area contributed by atoms with Crippen LogP contribution in [0.25, 0.3) is 0 Å². The van der Waals surface area contributed by atoms with E-state index in [9.17, 15) is 9.59 Å². The molecule has 1 aromatic rings. The van der Waals surface area contributed by atoms with Crippen molar-refractivity contribution in [1.82, 2.24) is 10.4 Å². The molecule has 1 aliphatic carbocycles. The number of carbonyl (C=O) groups excluding carboxylic acids is 2. The van der Waals surface area contributed by atoms with E-state index in [1.165, 1.54) is 5.56 Å². The summed E-state index contributed by atoms with van der Waals surface area (Å²) in [5, 5.41) is 8.76. The van der Waals surface area contributed by atoms with Crippen molar-refractivity contribution in [1.29, 1.82) is 0 Å². The zero-order valence-electron chi connectivity index (χ0n) is 14.0. The van der Waals surface area contributed by atoms with Crippen LogP contribution in [0.1, 0.15) is 40.7 Å². The van der Waals surface area contributed by atoms with Gasteiger partial charge in [-0.25, -0.2) is 5.48 Å². The lowest BCUT2D eigenvalue weighted by Crippen LogP contribution is -2.34. The van der Waals surface area contributed by atoms with Gasteiger partial charge in [0, 0.05) is 44.2 Å². The molecule has 0 aromatic heterocycles. The number of rotatable bonds is 5. The SMILES string of the molecule is COCCCN1C[C@]2(CCc3cc(C(=O)NO)ccc3C2)CC1=O. The number of nitrogens with zero attached hydrogens (tertiary/aromatic N) is 1. The maximum atomic E-state index is 12.3. The van der Waals surface area contributed by atoms with Gasteiger partial charge in [-0.2, -0.15) is 0 Å². The molecular weight excluding hydrogens is 308 g/mol. The van der Waals surface area contributed by atoms with Crippen LogP contribution in [0.15, 0.2) is 18.2 Å². The van der Waals surface area contributed by atoms with E-state index in [0.717, 1.165) is 44.3 Å². The lowest BCUT2D eigenvalue weighted by atomic mass is 9.70. The molecule has 0 bridgehead atoms. The molecule has 2 amide bonds. The summed E-state index contributed by atoms with van der Waals surface area (Å²) >= 11 is 0. The summed E-state index contributed by atoms with van der Waals surface area (Å²) in [4.78, 5) is 25.8. The molecule has 2 N–H and O–H groups in total. The molecule has 1 fully saturated rings. The molecule has 0 unspecified atom stereocenters. The number of hydrogen-bond acceptors (Lipinski definition) is 4. The van der Waals surface area contributed by atoms with E-state index in [1.807, 2.05) is 17.0 Å². The number of hydrogen-bond donors (Lipinski definition) is 2. The minimum Gasteiger partial charge on any atom is -0.385 e. The molecule has 1 aromatic carbocycles. The second-order valence-corrected chi connectivity index (χ2v) is 6.94. The predicted molar refractivity (Wildman–Crippen MR) is 87.8 cm³/mol. The number of carbonyl (C=O) groups is 2. The Balaban J connectivity index is 1.71. The van der Waals surface area contributed by atoms with Gasteiger partial charge in [-0.3, -0.25) is 14.8 Å². The van der Waals surface area contributed by atoms with Crippen LogP contribution in [0.2, 0.25) is 0 Å². The van der Waals surface area contributed by atoms with Gasteiger partial charge < -0.3 is 9.64 Å². The second-order valence-electron chi connectivity index (χ2n) is 6.94. The number of likely N-dealkylation sites (tertiary alicyclic amines) is 1. The third kappa shape index (κ3) is 3.30. The Morgan fingerprint density at radius 2 is 2.21 bits per heavy atom. The van der Waals surface area contributed by atoms with Crippen LogP contribution in [-0.4, -0.2) is 48.7 Å². The standard InChI is InChI=1S/C18H24N2O4/c1-24-8-2-7-20-12-18(11-16(20)21)6-5-13-9-14(17(22)19-23)3-4-15(13)10-18/h3-4,9,23H,2,5-8,10-12H2,1H3,(H,19,22)/t18-/m0/s1. The fourth-order valence-electron chi connectivity index (χ4n) is 4.00. The van der Waals surface area contributed by atoms with Gasteiger partial charge in [0.2, 0.25) is 5.91 Å². The summed E-state index contributed by atoms with van der Waals surface area (Å²) in [6, 6.07) is 5.54. The molecule has 0 radical (unpaired) electrons. The molecule has 6 nitrogen and oxygen atoms in total. The molecule has 1 heterocycles. The molecule has 0 saturated carbocycles. The van der Waals surface area contributed by atoms with Crippen molar-refractivity contribution in [3.63, 3.8) is 0 Å². The van der Waals surface area contributed by atoms with Crippen LogP contribution in [0.4, 0.5) is 0 Å². The highest BCUT2D eigenvalue weighted by Crippen LogP contribution is 2.43. The van der Waals surface area contributed by atoms with Gasteiger partial charge in [-0.05, 0) is 48.9 Å². The molecule has 3 rings (SSSR count). The summed E-state index contributed by atoms with van der Waals surface area (Å²) in [5.41, 5.74) is 4.52. The summed E-state index contributed by atoms with van der Waals surface area (Å²) in [6.45, 7) is 2.25. The number of methoxy groups -OCH3 is 1. The van der Waals surface area contributed by atoms with Crippen LogP contribution in [0.3, 0.4) is 0 Å². The van der Waals surface area contributed by atoms with E-state index in [-0.39, 0.29) is 11.3 Å². The van der Waals surface area contributed by atoms with Crippen molar-refractivity contribution in [2.75, 3.05) is 26.8 Å². The molecule has 1 atom stereocenters. The lowest BCUT2D eigenvalue weighted by molar-refractivity contribution is -0.127. The average Bonchev–Trinajstić information content (AvgIpc) is 2.89. The Morgan fingerprint density at radius 3 is 2.96 bits per heavy atom. The maximum absolute atomic E-state index is 12.3. The number of hydroxylamine groups is 1.